The third kappa shape index (κ3) is 4.42. The number of ketones is 1. The number of hydrogen-bond donors (Lipinski definition) is 1. The van der Waals surface area contributed by atoms with Crippen LogP contribution in [0.25, 0.3) is 0 Å². The molecule has 0 aromatic heterocycles. The Kier molecular flexibility index (Phi) is 6.40. The number of nitrogens with zero attached hydrogens (tertiary/aromatic N) is 1. The second-order valence-corrected chi connectivity index (χ2v) is 7.06. The Labute approximate surface area is 154 Å². The van der Waals surface area contributed by atoms with Gasteiger partial charge in [-0.25, -0.2) is 0 Å². The molecule has 2 amide bonds. The molecular weight excluding hydrogens is 332 g/mol. The van der Waals surface area contributed by atoms with Crippen molar-refractivity contribution >= 4 is 23.3 Å². The van der Waals surface area contributed by atoms with Crippen LogP contribution < -0.4 is 15.0 Å². The minimum Gasteiger partial charge on any atom is -0.476 e. The van der Waals surface area contributed by atoms with Gasteiger partial charge in [-0.2, -0.15) is 0 Å². The second kappa shape index (κ2) is 8.34. The Bertz CT molecular complexity index is 697. The number of carbonyl (C=O) groups is 3. The summed E-state index contributed by atoms with van der Waals surface area (Å²) in [7, 11) is 0. The van der Waals surface area contributed by atoms with Gasteiger partial charge in [0.1, 0.15) is 12.3 Å². The molecule has 1 aromatic rings. The number of ether oxygens (including phenoxy) is 1. The van der Waals surface area contributed by atoms with Crippen LogP contribution in [-0.2, 0) is 9.59 Å². The first-order valence-corrected chi connectivity index (χ1v) is 9.25. The van der Waals surface area contributed by atoms with Crippen molar-refractivity contribution in [3.8, 4) is 5.75 Å². The van der Waals surface area contributed by atoms with Crippen LogP contribution in [0.3, 0.4) is 0 Å². The summed E-state index contributed by atoms with van der Waals surface area (Å²) in [5, 5.41) is 2.83. The Balaban J connectivity index is 2.31. The van der Waals surface area contributed by atoms with E-state index >= 15 is 0 Å². The van der Waals surface area contributed by atoms with Crippen molar-refractivity contribution in [3.05, 3.63) is 23.8 Å². The van der Waals surface area contributed by atoms with E-state index in [1.165, 1.54) is 4.90 Å². The molecular formula is C20H28N2O4. The minimum absolute atomic E-state index is 0.0138. The number of Topliss-reactive ketones (excluding diaryl/α,β-unsaturated/α-hetero) is 1. The predicted octanol–water partition coefficient (Wildman–Crippen LogP) is 3.09. The van der Waals surface area contributed by atoms with Gasteiger partial charge in [-0.05, 0) is 44.9 Å². The normalized spacial score (nSPS) is 15.2. The van der Waals surface area contributed by atoms with E-state index < -0.39 is 5.60 Å². The number of benzene rings is 1. The summed E-state index contributed by atoms with van der Waals surface area (Å²) in [4.78, 5) is 38.7. The fourth-order valence-corrected chi connectivity index (χ4v) is 2.87. The number of amides is 2. The van der Waals surface area contributed by atoms with Crippen LogP contribution in [0, 0.1) is 0 Å². The Hall–Kier alpha value is -2.37. The zero-order valence-corrected chi connectivity index (χ0v) is 16.1. The molecule has 0 atom stereocenters. The molecule has 6 nitrogen and oxygen atoms in total. The molecule has 0 unspecified atom stereocenters. The molecule has 0 spiro atoms. The number of nitrogens with one attached hydrogen (secondary N) is 1. The number of hydrogen-bond acceptors (Lipinski definition) is 4. The molecule has 0 fully saturated rings. The van der Waals surface area contributed by atoms with Gasteiger partial charge in [0, 0.05) is 18.5 Å². The predicted molar refractivity (Wildman–Crippen MR) is 101 cm³/mol. The topological polar surface area (TPSA) is 75.7 Å². The summed E-state index contributed by atoms with van der Waals surface area (Å²) in [6.07, 6.45) is 3.06. The standard InChI is InChI=1S/C20H28N2O4/c1-5-7-11-21-18(24)13-22-15-12-14(16(23)8-6-2)9-10-17(15)26-20(3,4)19(22)25/h9-10,12H,5-8,11,13H2,1-4H3,(H,21,24). The van der Waals surface area contributed by atoms with Crippen molar-refractivity contribution in [2.45, 2.75) is 59.0 Å². The van der Waals surface area contributed by atoms with E-state index in [9.17, 15) is 14.4 Å². The Morgan fingerprint density at radius 2 is 1.92 bits per heavy atom. The highest BCUT2D eigenvalue weighted by Crippen LogP contribution is 2.38. The molecule has 0 saturated carbocycles. The molecule has 0 aliphatic carbocycles. The first-order valence-electron chi connectivity index (χ1n) is 9.25. The summed E-state index contributed by atoms with van der Waals surface area (Å²) in [6.45, 7) is 7.84. The summed E-state index contributed by atoms with van der Waals surface area (Å²) in [5.74, 6) is 0.000376. The molecule has 1 aliphatic rings. The van der Waals surface area contributed by atoms with Crippen molar-refractivity contribution in [1.82, 2.24) is 5.32 Å². The fourth-order valence-electron chi connectivity index (χ4n) is 2.87. The lowest BCUT2D eigenvalue weighted by molar-refractivity contribution is -0.134. The average molecular weight is 360 g/mol. The maximum atomic E-state index is 12.8. The van der Waals surface area contributed by atoms with Gasteiger partial charge in [0.05, 0.1) is 5.69 Å². The van der Waals surface area contributed by atoms with Crippen molar-refractivity contribution in [1.29, 1.82) is 0 Å². The summed E-state index contributed by atoms with van der Waals surface area (Å²) in [5.41, 5.74) is -0.0638. The first-order chi connectivity index (χ1) is 12.3. The van der Waals surface area contributed by atoms with E-state index in [-0.39, 0.29) is 24.1 Å². The zero-order chi connectivity index (χ0) is 19.3. The third-order valence-electron chi connectivity index (χ3n) is 4.33. The smallest absolute Gasteiger partial charge is 0.271 e. The zero-order valence-electron chi connectivity index (χ0n) is 16.1. The van der Waals surface area contributed by atoms with Gasteiger partial charge >= 0.3 is 0 Å². The monoisotopic (exact) mass is 360 g/mol. The number of carbonyl (C=O) groups excluding carboxylic acids is 3. The van der Waals surface area contributed by atoms with Gasteiger partial charge in [0.2, 0.25) is 5.91 Å². The van der Waals surface area contributed by atoms with Crippen molar-refractivity contribution in [3.63, 3.8) is 0 Å². The van der Waals surface area contributed by atoms with Gasteiger partial charge in [-0.3, -0.25) is 19.3 Å². The SMILES string of the molecule is CCCCNC(=O)CN1C(=O)C(C)(C)Oc2ccc(C(=O)CCC)cc21. The third-order valence-corrected chi connectivity index (χ3v) is 4.33. The average Bonchev–Trinajstić information content (AvgIpc) is 2.59. The highest BCUT2D eigenvalue weighted by molar-refractivity contribution is 6.07. The molecule has 0 saturated heterocycles. The van der Waals surface area contributed by atoms with Gasteiger partial charge in [-0.1, -0.05) is 20.3 Å². The quantitative estimate of drug-likeness (QED) is 0.571. The second-order valence-electron chi connectivity index (χ2n) is 7.06. The lowest BCUT2D eigenvalue weighted by Crippen LogP contribution is -2.55. The van der Waals surface area contributed by atoms with Gasteiger partial charge in [0.15, 0.2) is 11.4 Å². The molecule has 26 heavy (non-hydrogen) atoms. The van der Waals surface area contributed by atoms with Crippen LogP contribution in [-0.4, -0.2) is 36.3 Å². The molecule has 6 heteroatoms. The van der Waals surface area contributed by atoms with E-state index in [4.69, 9.17) is 4.74 Å². The summed E-state index contributed by atoms with van der Waals surface area (Å²) in [6, 6.07) is 5.07. The Morgan fingerprint density at radius 1 is 1.19 bits per heavy atom. The molecule has 1 heterocycles. The van der Waals surface area contributed by atoms with Crippen molar-refractivity contribution in [2.75, 3.05) is 18.0 Å². The van der Waals surface area contributed by atoms with Crippen LogP contribution in [0.2, 0.25) is 0 Å². The number of anilines is 1. The van der Waals surface area contributed by atoms with Crippen molar-refractivity contribution in [2.24, 2.45) is 0 Å². The van der Waals surface area contributed by atoms with E-state index in [0.717, 1.165) is 19.3 Å². The van der Waals surface area contributed by atoms with Gasteiger partial charge < -0.3 is 10.1 Å². The summed E-state index contributed by atoms with van der Waals surface area (Å²) >= 11 is 0. The van der Waals surface area contributed by atoms with E-state index in [0.29, 0.717) is 30.0 Å². The van der Waals surface area contributed by atoms with E-state index in [1.807, 2.05) is 13.8 Å². The van der Waals surface area contributed by atoms with Crippen LogP contribution in [0.1, 0.15) is 63.7 Å². The van der Waals surface area contributed by atoms with E-state index in [2.05, 4.69) is 5.32 Å². The molecule has 2 rings (SSSR count). The largest absolute Gasteiger partial charge is 0.476 e. The van der Waals surface area contributed by atoms with Crippen LogP contribution in [0.15, 0.2) is 18.2 Å². The summed E-state index contributed by atoms with van der Waals surface area (Å²) < 4.78 is 5.80. The lowest BCUT2D eigenvalue weighted by atomic mass is 10.0. The number of fused-ring (bicyclic) bond motifs is 1. The van der Waals surface area contributed by atoms with E-state index in [1.54, 1.807) is 32.0 Å². The Morgan fingerprint density at radius 3 is 2.58 bits per heavy atom. The highest BCUT2D eigenvalue weighted by atomic mass is 16.5. The number of rotatable bonds is 8. The minimum atomic E-state index is -1.06. The van der Waals surface area contributed by atoms with Crippen LogP contribution in [0.4, 0.5) is 5.69 Å². The van der Waals surface area contributed by atoms with Crippen LogP contribution >= 0.6 is 0 Å². The first kappa shape index (κ1) is 19.9. The molecule has 1 N–H and O–H groups in total. The lowest BCUT2D eigenvalue weighted by Gasteiger charge is -2.38. The van der Waals surface area contributed by atoms with Gasteiger partial charge in [0.25, 0.3) is 5.91 Å². The van der Waals surface area contributed by atoms with Crippen LogP contribution in [0.5, 0.6) is 5.75 Å². The van der Waals surface area contributed by atoms with Crippen molar-refractivity contribution < 1.29 is 19.1 Å². The fraction of sp³-hybridized carbons (Fsp3) is 0.550. The number of unbranched alkanes of at least 4 members (excludes halogenated alkanes) is 1. The maximum Gasteiger partial charge on any atom is 0.271 e. The molecule has 1 aliphatic heterocycles. The van der Waals surface area contributed by atoms with Gasteiger partial charge in [-0.15, -0.1) is 0 Å². The molecule has 142 valence electrons. The maximum absolute atomic E-state index is 12.8. The molecule has 0 radical (unpaired) electrons. The highest BCUT2D eigenvalue weighted by Gasteiger charge is 2.41. The molecule has 0 bridgehead atoms. The molecule has 1 aromatic carbocycles.